The number of hydrogen-bond acceptors (Lipinski definition) is 7. The van der Waals surface area contributed by atoms with Crippen LogP contribution in [-0.4, -0.2) is 46.2 Å². The first-order chi connectivity index (χ1) is 16.7. The highest BCUT2D eigenvalue weighted by Crippen LogP contribution is 2.44. The maximum Gasteiger partial charge on any atom is 0.416 e. The minimum absolute atomic E-state index is 0.0295. The van der Waals surface area contributed by atoms with Crippen molar-refractivity contribution in [3.05, 3.63) is 64.7 Å². The van der Waals surface area contributed by atoms with Crippen LogP contribution in [0.15, 0.2) is 52.9 Å². The summed E-state index contributed by atoms with van der Waals surface area (Å²) in [4.78, 5) is 5.96. The molecular formula is C23H23F3N4O3S2. The van der Waals surface area contributed by atoms with E-state index in [0.29, 0.717) is 50.6 Å². The lowest BCUT2D eigenvalue weighted by Gasteiger charge is -2.35. The average Bonchev–Trinajstić information content (AvgIpc) is 3.35. The number of nitrogens with zero attached hydrogens (tertiary/aromatic N) is 2. The molecule has 1 atom stereocenters. The van der Waals surface area contributed by atoms with E-state index in [9.17, 15) is 21.6 Å². The topological polar surface area (TPSA) is 83.6 Å². The van der Waals surface area contributed by atoms with Gasteiger partial charge in [0.05, 0.1) is 17.1 Å². The summed E-state index contributed by atoms with van der Waals surface area (Å²) < 4.78 is 74.4. The summed E-state index contributed by atoms with van der Waals surface area (Å²) in [5.74, 6) is 0.184. The zero-order chi connectivity index (χ0) is 24.6. The number of benzene rings is 2. The van der Waals surface area contributed by atoms with Crippen LogP contribution in [0.25, 0.3) is 0 Å². The molecule has 0 aliphatic carbocycles. The van der Waals surface area contributed by atoms with Gasteiger partial charge in [-0.2, -0.15) is 13.2 Å². The van der Waals surface area contributed by atoms with E-state index >= 15 is 0 Å². The molecule has 0 amide bonds. The molecule has 12 heteroatoms. The van der Waals surface area contributed by atoms with Crippen molar-refractivity contribution in [3.8, 4) is 5.75 Å². The second kappa shape index (κ2) is 9.32. The van der Waals surface area contributed by atoms with Crippen LogP contribution in [-0.2, 0) is 16.2 Å². The van der Waals surface area contributed by atoms with Crippen LogP contribution >= 0.6 is 11.3 Å². The number of ether oxygens (including phenoxy) is 1. The van der Waals surface area contributed by atoms with Crippen molar-refractivity contribution in [3.63, 3.8) is 0 Å². The second-order valence-electron chi connectivity index (χ2n) is 8.34. The molecule has 5 rings (SSSR count). The Morgan fingerprint density at radius 2 is 1.89 bits per heavy atom. The van der Waals surface area contributed by atoms with Gasteiger partial charge in [-0.05, 0) is 30.2 Å². The monoisotopic (exact) mass is 524 g/mol. The van der Waals surface area contributed by atoms with E-state index in [1.165, 1.54) is 35.7 Å². The average molecular weight is 525 g/mol. The maximum atomic E-state index is 13.5. The molecule has 0 saturated carbocycles. The molecule has 186 valence electrons. The fourth-order valence-electron chi connectivity index (χ4n) is 4.50. The van der Waals surface area contributed by atoms with Crippen LogP contribution in [0.4, 0.5) is 24.0 Å². The molecule has 1 saturated heterocycles. The van der Waals surface area contributed by atoms with Crippen molar-refractivity contribution >= 4 is 32.2 Å². The zero-order valence-corrected chi connectivity index (χ0v) is 20.1. The number of halogens is 3. The van der Waals surface area contributed by atoms with Gasteiger partial charge in [0.25, 0.3) is 10.0 Å². The predicted molar refractivity (Wildman–Crippen MR) is 128 cm³/mol. The molecular weight excluding hydrogens is 501 g/mol. The molecule has 1 aromatic heterocycles. The maximum absolute atomic E-state index is 13.5. The molecule has 2 aliphatic heterocycles. The summed E-state index contributed by atoms with van der Waals surface area (Å²) in [6.07, 6.45) is -2.37. The van der Waals surface area contributed by atoms with Gasteiger partial charge in [-0.25, -0.2) is 13.4 Å². The third kappa shape index (κ3) is 4.95. The lowest BCUT2D eigenvalue weighted by Crippen LogP contribution is -2.44. The Bertz CT molecular complexity index is 1310. The Hall–Kier alpha value is -2.83. The van der Waals surface area contributed by atoms with Crippen LogP contribution in [0.5, 0.6) is 5.75 Å². The lowest BCUT2D eigenvalue weighted by atomic mass is 9.85. The van der Waals surface area contributed by atoms with Crippen molar-refractivity contribution < 1.29 is 26.3 Å². The summed E-state index contributed by atoms with van der Waals surface area (Å²) in [5.41, 5.74) is 1.40. The van der Waals surface area contributed by atoms with E-state index in [4.69, 9.17) is 4.74 Å². The highest BCUT2D eigenvalue weighted by atomic mass is 32.2. The van der Waals surface area contributed by atoms with Gasteiger partial charge in [0.15, 0.2) is 5.13 Å². The van der Waals surface area contributed by atoms with Crippen molar-refractivity contribution in [2.75, 3.05) is 42.4 Å². The molecule has 0 radical (unpaired) electrons. The van der Waals surface area contributed by atoms with E-state index in [-0.39, 0.29) is 15.9 Å². The molecule has 7 nitrogen and oxygen atoms in total. The van der Waals surface area contributed by atoms with E-state index in [0.717, 1.165) is 17.2 Å². The Balaban J connectivity index is 1.52. The quantitative estimate of drug-likeness (QED) is 0.518. The smallest absolute Gasteiger partial charge is 0.416 e. The Morgan fingerprint density at radius 3 is 2.60 bits per heavy atom. The van der Waals surface area contributed by atoms with Crippen LogP contribution in [0.2, 0.25) is 0 Å². The molecule has 2 N–H and O–H groups in total. The first kappa shape index (κ1) is 23.9. The van der Waals surface area contributed by atoms with Crippen molar-refractivity contribution in [2.24, 2.45) is 0 Å². The minimum atomic E-state index is -4.44. The van der Waals surface area contributed by atoms with E-state index in [1.54, 1.807) is 17.5 Å². The van der Waals surface area contributed by atoms with Gasteiger partial charge in [0.1, 0.15) is 5.75 Å². The molecule has 3 aromatic rings. The number of alkyl halides is 3. The highest BCUT2D eigenvalue weighted by molar-refractivity contribution is 7.93. The third-order valence-corrected chi connectivity index (χ3v) is 8.33. The molecule has 1 fully saturated rings. The van der Waals surface area contributed by atoms with Gasteiger partial charge in [0.2, 0.25) is 0 Å². The van der Waals surface area contributed by atoms with Gasteiger partial charge in [-0.3, -0.25) is 4.72 Å². The number of fused-ring (bicyclic) bond motifs is 1. The van der Waals surface area contributed by atoms with Crippen molar-refractivity contribution in [1.29, 1.82) is 0 Å². The summed E-state index contributed by atoms with van der Waals surface area (Å²) in [7, 11) is -3.87. The van der Waals surface area contributed by atoms with Gasteiger partial charge in [-0.1, -0.05) is 12.1 Å². The van der Waals surface area contributed by atoms with Gasteiger partial charge < -0.3 is 15.0 Å². The second-order valence-corrected chi connectivity index (χ2v) is 10.9. The summed E-state index contributed by atoms with van der Waals surface area (Å²) in [6.45, 7) is 2.90. The predicted octanol–water partition coefficient (Wildman–Crippen LogP) is 4.29. The van der Waals surface area contributed by atoms with Crippen molar-refractivity contribution in [1.82, 2.24) is 10.3 Å². The van der Waals surface area contributed by atoms with Gasteiger partial charge in [0, 0.05) is 61.0 Å². The molecule has 2 aromatic carbocycles. The number of sulfonamides is 1. The number of rotatable bonds is 5. The van der Waals surface area contributed by atoms with E-state index < -0.39 is 21.8 Å². The number of aromatic nitrogens is 1. The molecule has 3 heterocycles. The molecule has 2 aliphatic rings. The summed E-state index contributed by atoms with van der Waals surface area (Å²) >= 11 is 1.17. The number of anilines is 2. The lowest BCUT2D eigenvalue weighted by molar-refractivity contribution is -0.137. The standard InChI is InChI=1S/C23H23F3N4O3S2/c24-23(25,26)15-1-3-18(20(13-15)30-9-6-27-7-10-30)17-5-11-33-21-14-16(2-4-19(17)21)35(31,32)29-22-28-8-12-34-22/h1-4,8,12-14,17,27H,5-7,9-11H2,(H,28,29)/t17-/m1/s1. The molecule has 0 spiro atoms. The number of piperazine rings is 1. The fourth-order valence-corrected chi connectivity index (χ4v) is 6.31. The van der Waals surface area contributed by atoms with Crippen LogP contribution in [0, 0.1) is 0 Å². The molecule has 35 heavy (non-hydrogen) atoms. The highest BCUT2D eigenvalue weighted by Gasteiger charge is 2.34. The fraction of sp³-hybridized carbons (Fsp3) is 0.348. The SMILES string of the molecule is O=S(=O)(Nc1nccs1)c1ccc2c(c1)OCC[C@@H]2c1ccc(C(F)(F)F)cc1N1CCNCC1. The van der Waals surface area contributed by atoms with E-state index in [2.05, 4.69) is 15.0 Å². The van der Waals surface area contributed by atoms with E-state index in [1.807, 2.05) is 4.90 Å². The van der Waals surface area contributed by atoms with Crippen LogP contribution in [0.1, 0.15) is 29.0 Å². The number of hydrogen-bond donors (Lipinski definition) is 2. The number of nitrogens with one attached hydrogen (secondary N) is 2. The minimum Gasteiger partial charge on any atom is -0.493 e. The summed E-state index contributed by atoms with van der Waals surface area (Å²) in [6, 6.07) is 8.54. The zero-order valence-electron chi connectivity index (χ0n) is 18.5. The molecule has 0 unspecified atom stereocenters. The number of thiazole rings is 1. The normalized spacial score (nSPS) is 18.6. The van der Waals surface area contributed by atoms with Crippen LogP contribution in [0.3, 0.4) is 0 Å². The Labute approximate surface area is 205 Å². The van der Waals surface area contributed by atoms with Crippen molar-refractivity contribution in [2.45, 2.75) is 23.4 Å². The van der Waals surface area contributed by atoms with Gasteiger partial charge >= 0.3 is 6.18 Å². The Morgan fingerprint density at radius 1 is 1.11 bits per heavy atom. The Kier molecular flexibility index (Phi) is 6.36. The van der Waals surface area contributed by atoms with Crippen LogP contribution < -0.4 is 19.7 Å². The third-order valence-electron chi connectivity index (χ3n) is 6.18. The first-order valence-corrected chi connectivity index (χ1v) is 13.4. The largest absolute Gasteiger partial charge is 0.493 e. The van der Waals surface area contributed by atoms with Gasteiger partial charge in [-0.15, -0.1) is 11.3 Å². The first-order valence-electron chi connectivity index (χ1n) is 11.1. The molecule has 0 bridgehead atoms. The summed E-state index contributed by atoms with van der Waals surface area (Å²) in [5, 5.41) is 5.15.